The van der Waals surface area contributed by atoms with Crippen LogP contribution in [-0.2, 0) is 4.79 Å². The number of nitrogens with one attached hydrogen (secondary N) is 1. The molecule has 0 fully saturated rings. The van der Waals surface area contributed by atoms with Crippen LogP contribution in [0.5, 0.6) is 0 Å². The molecule has 0 aromatic heterocycles. The van der Waals surface area contributed by atoms with Gasteiger partial charge in [0.05, 0.1) is 6.04 Å². The first kappa shape index (κ1) is 14.7. The van der Waals surface area contributed by atoms with Crippen molar-refractivity contribution in [2.24, 2.45) is 5.73 Å². The third kappa shape index (κ3) is 5.32. The van der Waals surface area contributed by atoms with Gasteiger partial charge in [-0.25, -0.2) is 0 Å². The van der Waals surface area contributed by atoms with E-state index >= 15 is 0 Å². The lowest BCUT2D eigenvalue weighted by Crippen LogP contribution is -2.35. The minimum Gasteiger partial charge on any atom is -0.349 e. The van der Waals surface area contributed by atoms with Gasteiger partial charge in [-0.3, -0.25) is 4.79 Å². The monoisotopic (exact) mass is 248 g/mol. The van der Waals surface area contributed by atoms with Gasteiger partial charge in [-0.15, -0.1) is 0 Å². The van der Waals surface area contributed by atoms with Gasteiger partial charge in [-0.2, -0.15) is 0 Å². The van der Waals surface area contributed by atoms with Gasteiger partial charge in [-0.1, -0.05) is 37.3 Å². The Morgan fingerprint density at radius 2 is 1.94 bits per heavy atom. The number of amides is 1. The minimum absolute atomic E-state index is 0.0734. The van der Waals surface area contributed by atoms with Crippen LogP contribution >= 0.6 is 0 Å². The first-order chi connectivity index (χ1) is 8.42. The summed E-state index contributed by atoms with van der Waals surface area (Å²) in [6.45, 7) is 5.95. The van der Waals surface area contributed by atoms with Crippen molar-refractivity contribution in [1.29, 1.82) is 0 Å². The van der Waals surface area contributed by atoms with Crippen LogP contribution in [0.4, 0.5) is 0 Å². The Balaban J connectivity index is 2.51. The fourth-order valence-corrected chi connectivity index (χ4v) is 1.81. The maximum Gasteiger partial charge on any atom is 0.220 e. The maximum atomic E-state index is 11.9. The fraction of sp³-hybridized carbons (Fsp3) is 0.533. The molecule has 0 aliphatic carbocycles. The zero-order valence-corrected chi connectivity index (χ0v) is 11.6. The van der Waals surface area contributed by atoms with E-state index in [-0.39, 0.29) is 17.5 Å². The molecule has 0 heterocycles. The number of hydrogen-bond acceptors (Lipinski definition) is 2. The molecule has 1 amide bonds. The van der Waals surface area contributed by atoms with E-state index in [1.54, 1.807) is 0 Å². The summed E-state index contributed by atoms with van der Waals surface area (Å²) in [5.41, 5.74) is 6.75. The van der Waals surface area contributed by atoms with Gasteiger partial charge >= 0.3 is 0 Å². The first-order valence-corrected chi connectivity index (χ1v) is 6.55. The second-order valence-electron chi connectivity index (χ2n) is 5.43. The van der Waals surface area contributed by atoms with Crippen molar-refractivity contribution >= 4 is 5.91 Å². The molecule has 3 heteroatoms. The summed E-state index contributed by atoms with van der Waals surface area (Å²) in [5.74, 6) is 0.0734. The van der Waals surface area contributed by atoms with Crippen LogP contribution in [0.2, 0.25) is 0 Å². The van der Waals surface area contributed by atoms with Crippen molar-refractivity contribution in [2.45, 2.75) is 51.6 Å². The van der Waals surface area contributed by atoms with E-state index in [0.29, 0.717) is 12.8 Å². The molecule has 1 aromatic rings. The predicted molar refractivity (Wildman–Crippen MR) is 75.1 cm³/mol. The van der Waals surface area contributed by atoms with Gasteiger partial charge in [0.15, 0.2) is 0 Å². The molecule has 1 atom stereocenters. The van der Waals surface area contributed by atoms with Gasteiger partial charge < -0.3 is 11.1 Å². The topological polar surface area (TPSA) is 55.1 Å². The Bertz CT molecular complexity index is 368. The third-order valence-electron chi connectivity index (χ3n) is 2.94. The molecule has 3 nitrogen and oxygen atoms in total. The van der Waals surface area contributed by atoms with Crippen LogP contribution in [0.15, 0.2) is 30.3 Å². The molecule has 0 saturated heterocycles. The fourth-order valence-electron chi connectivity index (χ4n) is 1.81. The van der Waals surface area contributed by atoms with Gasteiger partial charge in [0.2, 0.25) is 5.91 Å². The second kappa shape index (κ2) is 6.55. The van der Waals surface area contributed by atoms with Crippen molar-refractivity contribution < 1.29 is 4.79 Å². The first-order valence-electron chi connectivity index (χ1n) is 6.55. The Kier molecular flexibility index (Phi) is 5.35. The zero-order chi connectivity index (χ0) is 13.6. The smallest absolute Gasteiger partial charge is 0.220 e. The Morgan fingerprint density at radius 1 is 1.33 bits per heavy atom. The van der Waals surface area contributed by atoms with E-state index in [2.05, 4.69) is 12.2 Å². The number of hydrogen-bond donors (Lipinski definition) is 2. The van der Waals surface area contributed by atoms with E-state index in [1.807, 2.05) is 44.2 Å². The number of carbonyl (C=O) groups is 1. The summed E-state index contributed by atoms with van der Waals surface area (Å²) in [5, 5.41) is 3.06. The lowest BCUT2D eigenvalue weighted by Gasteiger charge is -2.20. The van der Waals surface area contributed by atoms with Gasteiger partial charge in [0.25, 0.3) is 0 Å². The molecular formula is C15H24N2O. The Morgan fingerprint density at radius 3 is 2.44 bits per heavy atom. The molecule has 3 N–H and O–H groups in total. The maximum absolute atomic E-state index is 11.9. The Labute approximate surface area is 110 Å². The number of carbonyl (C=O) groups excluding carboxylic acids is 1. The molecule has 100 valence electrons. The van der Waals surface area contributed by atoms with E-state index in [4.69, 9.17) is 5.73 Å². The summed E-state index contributed by atoms with van der Waals surface area (Å²) in [4.78, 5) is 11.9. The van der Waals surface area contributed by atoms with Gasteiger partial charge in [-0.05, 0) is 32.3 Å². The van der Waals surface area contributed by atoms with Crippen LogP contribution in [-0.4, -0.2) is 11.4 Å². The average molecular weight is 248 g/mol. The van der Waals surface area contributed by atoms with Gasteiger partial charge in [0.1, 0.15) is 0 Å². The highest BCUT2D eigenvalue weighted by Gasteiger charge is 2.16. The summed E-state index contributed by atoms with van der Waals surface area (Å²) < 4.78 is 0. The minimum atomic E-state index is -0.286. The predicted octanol–water partition coefficient (Wildman–Crippen LogP) is 2.77. The highest BCUT2D eigenvalue weighted by Crippen LogP contribution is 2.16. The molecule has 0 radical (unpaired) electrons. The summed E-state index contributed by atoms with van der Waals surface area (Å²) in [7, 11) is 0. The summed E-state index contributed by atoms with van der Waals surface area (Å²) in [6, 6.07) is 10.2. The number of nitrogens with two attached hydrogens (primary N) is 1. The van der Waals surface area contributed by atoms with Crippen LogP contribution < -0.4 is 11.1 Å². The number of rotatable bonds is 6. The van der Waals surface area contributed by atoms with E-state index in [9.17, 15) is 4.79 Å². The molecule has 1 rings (SSSR count). The molecule has 0 saturated carbocycles. The molecule has 0 aliphatic rings. The molecule has 1 aromatic carbocycles. The molecule has 0 bridgehead atoms. The third-order valence-corrected chi connectivity index (χ3v) is 2.94. The van der Waals surface area contributed by atoms with E-state index in [1.165, 1.54) is 0 Å². The van der Waals surface area contributed by atoms with Crippen molar-refractivity contribution in [3.63, 3.8) is 0 Å². The average Bonchev–Trinajstić information content (AvgIpc) is 2.33. The molecule has 0 aliphatic heterocycles. The lowest BCUT2D eigenvalue weighted by atomic mass is 9.99. The normalized spacial score (nSPS) is 13.1. The summed E-state index contributed by atoms with van der Waals surface area (Å²) >= 11 is 0. The highest BCUT2D eigenvalue weighted by molar-refractivity contribution is 5.76. The zero-order valence-electron chi connectivity index (χ0n) is 11.6. The number of benzene rings is 1. The van der Waals surface area contributed by atoms with E-state index in [0.717, 1.165) is 12.0 Å². The van der Waals surface area contributed by atoms with Crippen LogP contribution in [0.3, 0.4) is 0 Å². The van der Waals surface area contributed by atoms with Crippen molar-refractivity contribution in [3.05, 3.63) is 35.9 Å². The second-order valence-corrected chi connectivity index (χ2v) is 5.43. The molecule has 1 unspecified atom stereocenters. The quantitative estimate of drug-likeness (QED) is 0.813. The highest BCUT2D eigenvalue weighted by atomic mass is 16.1. The summed E-state index contributed by atoms with van der Waals surface area (Å²) in [6.07, 6.45) is 2.07. The Hall–Kier alpha value is -1.35. The molecular weight excluding hydrogens is 224 g/mol. The largest absolute Gasteiger partial charge is 0.349 e. The molecule has 0 spiro atoms. The van der Waals surface area contributed by atoms with Crippen molar-refractivity contribution in [3.8, 4) is 0 Å². The lowest BCUT2D eigenvalue weighted by molar-refractivity contribution is -0.122. The van der Waals surface area contributed by atoms with E-state index < -0.39 is 0 Å². The molecule has 18 heavy (non-hydrogen) atoms. The van der Waals surface area contributed by atoms with Crippen LogP contribution in [0.1, 0.15) is 51.6 Å². The SMILES string of the molecule is CCC(NC(=O)CCC(C)(C)N)c1ccccc1. The van der Waals surface area contributed by atoms with Crippen LogP contribution in [0.25, 0.3) is 0 Å². The standard InChI is InChI=1S/C15H24N2O/c1-4-13(12-8-6-5-7-9-12)17-14(18)10-11-15(2,3)16/h5-9,13H,4,10-11,16H2,1-3H3,(H,17,18). The van der Waals surface area contributed by atoms with Crippen molar-refractivity contribution in [1.82, 2.24) is 5.32 Å². The van der Waals surface area contributed by atoms with Crippen LogP contribution in [0, 0.1) is 0 Å². The van der Waals surface area contributed by atoms with Gasteiger partial charge in [0, 0.05) is 12.0 Å². The van der Waals surface area contributed by atoms with Crippen molar-refractivity contribution in [2.75, 3.05) is 0 Å².